The van der Waals surface area contributed by atoms with Crippen LogP contribution in [-0.2, 0) is 4.74 Å². The van der Waals surface area contributed by atoms with Gasteiger partial charge in [-0.05, 0) is 19.4 Å². The summed E-state index contributed by atoms with van der Waals surface area (Å²) in [6, 6.07) is 4.00. The van der Waals surface area contributed by atoms with Gasteiger partial charge in [0.05, 0.1) is 34.9 Å². The third-order valence-corrected chi connectivity index (χ3v) is 3.64. The maximum Gasteiger partial charge on any atom is 0.272 e. The number of hydrogen-bond acceptors (Lipinski definition) is 4. The molecular formula is C12H13FN2O3. The molecule has 3 atom stereocenters. The highest BCUT2D eigenvalue weighted by Gasteiger charge is 2.47. The predicted octanol–water partition coefficient (Wildman–Crippen LogP) is 2.10. The maximum atomic E-state index is 13.8. The lowest BCUT2D eigenvalue weighted by molar-refractivity contribution is -0.385. The molecule has 0 spiro atoms. The summed E-state index contributed by atoms with van der Waals surface area (Å²) in [7, 11) is 0. The van der Waals surface area contributed by atoms with Gasteiger partial charge >= 0.3 is 0 Å². The fraction of sp³-hybridized carbons (Fsp3) is 0.500. The van der Waals surface area contributed by atoms with Crippen LogP contribution in [0, 0.1) is 15.9 Å². The van der Waals surface area contributed by atoms with Crippen molar-refractivity contribution in [1.82, 2.24) is 0 Å². The lowest BCUT2D eigenvalue weighted by atomic mass is 9.96. The van der Waals surface area contributed by atoms with Crippen molar-refractivity contribution >= 4 is 11.4 Å². The van der Waals surface area contributed by atoms with E-state index >= 15 is 0 Å². The van der Waals surface area contributed by atoms with Crippen molar-refractivity contribution in [3.05, 3.63) is 34.1 Å². The van der Waals surface area contributed by atoms with Gasteiger partial charge in [-0.3, -0.25) is 10.1 Å². The van der Waals surface area contributed by atoms with Crippen LogP contribution in [0.1, 0.15) is 13.3 Å². The Hall–Kier alpha value is -1.69. The zero-order chi connectivity index (χ0) is 12.9. The van der Waals surface area contributed by atoms with Crippen molar-refractivity contribution in [2.24, 2.45) is 0 Å². The average Bonchev–Trinajstić information content (AvgIpc) is 2.59. The Morgan fingerprint density at radius 2 is 2.33 bits per heavy atom. The number of fused-ring (bicyclic) bond motifs is 1. The molecule has 2 aliphatic rings. The van der Waals surface area contributed by atoms with Crippen LogP contribution in [0.4, 0.5) is 15.8 Å². The number of non-ortho nitro benzene ring substituents is 1. The first-order valence-electron chi connectivity index (χ1n) is 5.92. The molecule has 96 valence electrons. The molecule has 0 aliphatic carbocycles. The van der Waals surface area contributed by atoms with Gasteiger partial charge in [-0.25, -0.2) is 4.39 Å². The first kappa shape index (κ1) is 11.4. The summed E-state index contributed by atoms with van der Waals surface area (Å²) < 4.78 is 19.5. The lowest BCUT2D eigenvalue weighted by Crippen LogP contribution is -2.58. The van der Waals surface area contributed by atoms with Crippen molar-refractivity contribution in [3.63, 3.8) is 0 Å². The van der Waals surface area contributed by atoms with Crippen LogP contribution >= 0.6 is 0 Å². The molecule has 0 amide bonds. The van der Waals surface area contributed by atoms with Gasteiger partial charge in [-0.2, -0.15) is 0 Å². The number of hydrogen-bond donors (Lipinski definition) is 0. The lowest BCUT2D eigenvalue weighted by Gasteiger charge is -2.44. The molecule has 2 saturated heterocycles. The zero-order valence-electron chi connectivity index (χ0n) is 9.88. The normalized spacial score (nSPS) is 29.9. The SMILES string of the molecule is C[C@H]1CC2C(CN2c2ccc([N+](=O)[O-])cc2F)O1. The smallest absolute Gasteiger partial charge is 0.272 e. The number of nitro benzene ring substituents is 1. The van der Waals surface area contributed by atoms with Gasteiger partial charge in [0.25, 0.3) is 5.69 Å². The monoisotopic (exact) mass is 252 g/mol. The van der Waals surface area contributed by atoms with E-state index in [4.69, 9.17) is 4.74 Å². The molecule has 5 nitrogen and oxygen atoms in total. The average molecular weight is 252 g/mol. The number of halogens is 1. The fourth-order valence-corrected chi connectivity index (χ4v) is 2.74. The summed E-state index contributed by atoms with van der Waals surface area (Å²) in [5, 5.41) is 10.5. The molecule has 0 bridgehead atoms. The minimum atomic E-state index is -0.591. The summed E-state index contributed by atoms with van der Waals surface area (Å²) in [5.41, 5.74) is 0.212. The molecule has 2 heterocycles. The van der Waals surface area contributed by atoms with Gasteiger partial charge in [-0.1, -0.05) is 0 Å². The van der Waals surface area contributed by atoms with Crippen molar-refractivity contribution in [2.75, 3.05) is 11.4 Å². The topological polar surface area (TPSA) is 55.6 Å². The third-order valence-electron chi connectivity index (χ3n) is 3.64. The standard InChI is InChI=1S/C12H13FN2O3/c1-7-4-11-12(18-7)6-14(11)10-3-2-8(15(16)17)5-9(10)13/h2-3,5,7,11-12H,4,6H2,1H3/t7-,11?,12?/m0/s1. The summed E-state index contributed by atoms with van der Waals surface area (Å²) in [6.45, 7) is 2.66. The van der Waals surface area contributed by atoms with Gasteiger partial charge < -0.3 is 9.64 Å². The largest absolute Gasteiger partial charge is 0.371 e. The van der Waals surface area contributed by atoms with E-state index in [9.17, 15) is 14.5 Å². The number of benzene rings is 1. The second-order valence-electron chi connectivity index (χ2n) is 4.83. The maximum absolute atomic E-state index is 13.8. The van der Waals surface area contributed by atoms with Gasteiger partial charge in [0.15, 0.2) is 5.82 Å². The molecule has 2 fully saturated rings. The first-order valence-corrected chi connectivity index (χ1v) is 5.92. The summed E-state index contributed by atoms with van der Waals surface area (Å²) in [4.78, 5) is 11.9. The number of nitro groups is 1. The molecule has 18 heavy (non-hydrogen) atoms. The van der Waals surface area contributed by atoms with Gasteiger partial charge in [-0.15, -0.1) is 0 Å². The minimum absolute atomic E-state index is 0.176. The molecule has 0 aromatic heterocycles. The third kappa shape index (κ3) is 1.64. The number of anilines is 1. The number of rotatable bonds is 2. The molecule has 2 unspecified atom stereocenters. The molecule has 6 heteroatoms. The molecule has 0 radical (unpaired) electrons. The van der Waals surface area contributed by atoms with Crippen LogP contribution in [0.2, 0.25) is 0 Å². The van der Waals surface area contributed by atoms with Gasteiger partial charge in [0.1, 0.15) is 0 Å². The molecular weight excluding hydrogens is 239 g/mol. The van der Waals surface area contributed by atoms with Crippen molar-refractivity contribution in [1.29, 1.82) is 0 Å². The Balaban J connectivity index is 1.84. The molecule has 1 aromatic carbocycles. The van der Waals surface area contributed by atoms with E-state index in [1.54, 1.807) is 0 Å². The Morgan fingerprint density at radius 1 is 1.56 bits per heavy atom. The van der Waals surface area contributed by atoms with E-state index in [2.05, 4.69) is 0 Å². The second kappa shape index (κ2) is 3.91. The molecule has 3 rings (SSSR count). The van der Waals surface area contributed by atoms with E-state index < -0.39 is 10.7 Å². The quantitative estimate of drug-likeness (QED) is 0.597. The summed E-state index contributed by atoms with van der Waals surface area (Å²) in [6.07, 6.45) is 1.25. The Labute approximate surface area is 103 Å². The second-order valence-corrected chi connectivity index (χ2v) is 4.83. The Kier molecular flexibility index (Phi) is 2.48. The fourth-order valence-electron chi connectivity index (χ4n) is 2.74. The van der Waals surface area contributed by atoms with E-state index in [1.807, 2.05) is 11.8 Å². The number of nitrogens with zero attached hydrogens (tertiary/aromatic N) is 2. The van der Waals surface area contributed by atoms with Crippen LogP contribution in [-0.4, -0.2) is 29.7 Å². The van der Waals surface area contributed by atoms with Crippen LogP contribution in [0.5, 0.6) is 0 Å². The van der Waals surface area contributed by atoms with E-state index in [0.29, 0.717) is 12.2 Å². The van der Waals surface area contributed by atoms with Crippen LogP contribution in [0.15, 0.2) is 18.2 Å². The Bertz CT molecular complexity index is 508. The van der Waals surface area contributed by atoms with Crippen LogP contribution in [0.25, 0.3) is 0 Å². The van der Waals surface area contributed by atoms with E-state index in [-0.39, 0.29) is 23.9 Å². The summed E-state index contributed by atoms with van der Waals surface area (Å²) in [5.74, 6) is -0.540. The summed E-state index contributed by atoms with van der Waals surface area (Å²) >= 11 is 0. The zero-order valence-corrected chi connectivity index (χ0v) is 9.88. The molecule has 0 saturated carbocycles. The van der Waals surface area contributed by atoms with E-state index in [0.717, 1.165) is 12.5 Å². The van der Waals surface area contributed by atoms with Crippen LogP contribution in [0.3, 0.4) is 0 Å². The van der Waals surface area contributed by atoms with Gasteiger partial charge in [0.2, 0.25) is 0 Å². The molecule has 2 aliphatic heterocycles. The van der Waals surface area contributed by atoms with Gasteiger partial charge in [0, 0.05) is 12.6 Å². The minimum Gasteiger partial charge on any atom is -0.371 e. The Morgan fingerprint density at radius 3 is 2.94 bits per heavy atom. The van der Waals surface area contributed by atoms with E-state index in [1.165, 1.54) is 12.1 Å². The highest BCUT2D eigenvalue weighted by atomic mass is 19.1. The number of ether oxygens (including phenoxy) is 1. The van der Waals surface area contributed by atoms with Crippen molar-refractivity contribution in [3.8, 4) is 0 Å². The molecule has 0 N–H and O–H groups in total. The predicted molar refractivity (Wildman–Crippen MR) is 63.1 cm³/mol. The first-order chi connectivity index (χ1) is 8.56. The van der Waals surface area contributed by atoms with Crippen molar-refractivity contribution in [2.45, 2.75) is 31.6 Å². The highest BCUT2D eigenvalue weighted by Crippen LogP contribution is 2.38. The highest BCUT2D eigenvalue weighted by molar-refractivity contribution is 5.56. The van der Waals surface area contributed by atoms with Crippen LogP contribution < -0.4 is 4.90 Å². The van der Waals surface area contributed by atoms with Crippen molar-refractivity contribution < 1.29 is 14.1 Å². The molecule has 1 aromatic rings.